The minimum Gasteiger partial charge on any atom is -0.465 e. The van der Waals surface area contributed by atoms with Crippen molar-refractivity contribution in [1.82, 2.24) is 10.1 Å². The van der Waals surface area contributed by atoms with Crippen LogP contribution in [0.2, 0.25) is 10.2 Å². The first kappa shape index (κ1) is 14.8. The summed E-state index contributed by atoms with van der Waals surface area (Å²) in [4.78, 5) is 15.9. The Morgan fingerprint density at radius 3 is 2.65 bits per heavy atom. The predicted octanol–water partition coefficient (Wildman–Crippen LogP) is 3.95. The van der Waals surface area contributed by atoms with Crippen molar-refractivity contribution in [2.75, 3.05) is 7.11 Å². The molecule has 0 spiro atoms. The molecule has 20 heavy (non-hydrogen) atoms. The maximum Gasteiger partial charge on any atom is 0.343 e. The molecule has 0 unspecified atom stereocenters. The second-order valence-electron chi connectivity index (χ2n) is 4.38. The van der Waals surface area contributed by atoms with Crippen LogP contribution in [0.3, 0.4) is 0 Å². The van der Waals surface area contributed by atoms with E-state index in [1.54, 1.807) is 6.07 Å². The third-order valence-electron chi connectivity index (χ3n) is 2.72. The van der Waals surface area contributed by atoms with Gasteiger partial charge >= 0.3 is 5.97 Å². The van der Waals surface area contributed by atoms with Crippen molar-refractivity contribution < 1.29 is 14.1 Å². The van der Waals surface area contributed by atoms with Gasteiger partial charge in [0.15, 0.2) is 5.76 Å². The molecule has 2 aromatic rings. The number of aromatic nitrogens is 2. The monoisotopic (exact) mass is 314 g/mol. The Balaban J connectivity index is 2.72. The first-order chi connectivity index (χ1) is 9.47. The van der Waals surface area contributed by atoms with Crippen LogP contribution in [0.1, 0.15) is 35.9 Å². The van der Waals surface area contributed by atoms with Crippen LogP contribution >= 0.6 is 23.2 Å². The Kier molecular flexibility index (Phi) is 4.30. The molecule has 0 radical (unpaired) electrons. The van der Waals surface area contributed by atoms with Crippen molar-refractivity contribution in [1.29, 1.82) is 0 Å². The number of esters is 1. The molecule has 7 heteroatoms. The van der Waals surface area contributed by atoms with Gasteiger partial charge in [-0.3, -0.25) is 0 Å². The molecule has 2 aromatic heterocycles. The number of carbonyl (C=O) groups excluding carboxylic acids is 1. The molecular formula is C13H12Cl2N2O3. The minimum absolute atomic E-state index is 0.0421. The Morgan fingerprint density at radius 1 is 1.40 bits per heavy atom. The van der Waals surface area contributed by atoms with Gasteiger partial charge in [0.2, 0.25) is 0 Å². The Labute approximate surface area is 125 Å². The summed E-state index contributed by atoms with van der Waals surface area (Å²) in [5, 5.41) is 4.39. The summed E-state index contributed by atoms with van der Waals surface area (Å²) in [7, 11) is 1.29. The van der Waals surface area contributed by atoms with E-state index in [2.05, 4.69) is 10.1 Å². The number of rotatable bonds is 3. The Morgan fingerprint density at radius 2 is 2.10 bits per heavy atom. The molecule has 0 saturated carbocycles. The van der Waals surface area contributed by atoms with Gasteiger partial charge in [0, 0.05) is 12.1 Å². The molecule has 106 valence electrons. The average Bonchev–Trinajstić information content (AvgIpc) is 2.82. The average molecular weight is 315 g/mol. The molecule has 0 aliphatic carbocycles. The topological polar surface area (TPSA) is 65.2 Å². The SMILES string of the molecule is COC(=O)c1c(-c2c(Cl)ccnc2Cl)noc1C(C)C. The van der Waals surface area contributed by atoms with E-state index in [0.29, 0.717) is 16.3 Å². The number of halogens is 2. The van der Waals surface area contributed by atoms with Crippen LogP contribution in [0.15, 0.2) is 16.8 Å². The lowest BCUT2D eigenvalue weighted by molar-refractivity contribution is 0.0598. The molecule has 5 nitrogen and oxygen atoms in total. The van der Waals surface area contributed by atoms with Gasteiger partial charge in [-0.1, -0.05) is 42.2 Å². The fraction of sp³-hybridized carbons (Fsp3) is 0.308. The first-order valence-corrected chi connectivity index (χ1v) is 6.61. The highest BCUT2D eigenvalue weighted by atomic mass is 35.5. The van der Waals surface area contributed by atoms with Gasteiger partial charge in [0.25, 0.3) is 0 Å². The summed E-state index contributed by atoms with van der Waals surface area (Å²) in [5.74, 6) is -0.177. The summed E-state index contributed by atoms with van der Waals surface area (Å²) in [6.45, 7) is 3.76. The lowest BCUT2D eigenvalue weighted by Crippen LogP contribution is -2.06. The first-order valence-electron chi connectivity index (χ1n) is 5.85. The lowest BCUT2D eigenvalue weighted by atomic mass is 10.0. The predicted molar refractivity (Wildman–Crippen MR) is 75.2 cm³/mol. The third-order valence-corrected chi connectivity index (χ3v) is 3.32. The summed E-state index contributed by atoms with van der Waals surface area (Å²) in [5.41, 5.74) is 0.815. The van der Waals surface area contributed by atoms with Crippen molar-refractivity contribution >= 4 is 29.2 Å². The Hall–Kier alpha value is -1.59. The summed E-state index contributed by atoms with van der Waals surface area (Å²) >= 11 is 12.2. The van der Waals surface area contributed by atoms with Crippen LogP contribution in [0.4, 0.5) is 0 Å². The largest absolute Gasteiger partial charge is 0.465 e. The highest BCUT2D eigenvalue weighted by Crippen LogP contribution is 2.37. The molecule has 0 N–H and O–H groups in total. The zero-order valence-electron chi connectivity index (χ0n) is 11.1. The van der Waals surface area contributed by atoms with Gasteiger partial charge in [-0.05, 0) is 6.07 Å². The summed E-state index contributed by atoms with van der Waals surface area (Å²) < 4.78 is 10.0. The van der Waals surface area contributed by atoms with E-state index in [4.69, 9.17) is 32.5 Å². The van der Waals surface area contributed by atoms with Crippen LogP contribution < -0.4 is 0 Å². The van der Waals surface area contributed by atoms with Crippen LogP contribution in [0, 0.1) is 0 Å². The fourth-order valence-corrected chi connectivity index (χ4v) is 2.32. The Bertz CT molecular complexity index is 633. The van der Waals surface area contributed by atoms with Crippen LogP contribution in [-0.2, 0) is 4.74 Å². The van der Waals surface area contributed by atoms with Gasteiger partial charge in [-0.25, -0.2) is 9.78 Å². The molecule has 0 saturated heterocycles. The standard InChI is InChI=1S/C13H12Cl2N2O3/c1-6(2)11-9(13(18)19-3)10(17-20-11)8-7(14)4-5-16-12(8)15/h4-6H,1-3H3. The zero-order valence-corrected chi connectivity index (χ0v) is 12.6. The van der Waals surface area contributed by atoms with Crippen LogP contribution in [0.5, 0.6) is 0 Å². The van der Waals surface area contributed by atoms with E-state index in [1.165, 1.54) is 13.3 Å². The zero-order chi connectivity index (χ0) is 14.9. The smallest absolute Gasteiger partial charge is 0.343 e. The third kappa shape index (κ3) is 2.51. The molecule has 0 aliphatic rings. The number of ether oxygens (including phenoxy) is 1. The van der Waals surface area contributed by atoms with Crippen molar-refractivity contribution in [3.63, 3.8) is 0 Å². The molecule has 0 bridgehead atoms. The van der Waals surface area contributed by atoms with Crippen molar-refractivity contribution in [3.05, 3.63) is 33.8 Å². The maximum absolute atomic E-state index is 12.0. The summed E-state index contributed by atoms with van der Waals surface area (Å²) in [6.07, 6.45) is 1.47. The molecule has 0 aliphatic heterocycles. The van der Waals surface area contributed by atoms with E-state index in [1.807, 2.05) is 13.8 Å². The van der Waals surface area contributed by atoms with Gasteiger partial charge in [0.05, 0.1) is 17.7 Å². The van der Waals surface area contributed by atoms with Crippen molar-refractivity contribution in [2.45, 2.75) is 19.8 Å². The molecule has 2 heterocycles. The number of methoxy groups -OCH3 is 1. The highest BCUT2D eigenvalue weighted by molar-refractivity contribution is 6.38. The quantitative estimate of drug-likeness (QED) is 0.634. The van der Waals surface area contributed by atoms with Crippen LogP contribution in [-0.4, -0.2) is 23.2 Å². The van der Waals surface area contributed by atoms with Gasteiger partial charge in [-0.2, -0.15) is 0 Å². The number of hydrogen-bond acceptors (Lipinski definition) is 5. The fourth-order valence-electron chi connectivity index (χ4n) is 1.79. The van der Waals surface area contributed by atoms with E-state index in [-0.39, 0.29) is 22.3 Å². The van der Waals surface area contributed by atoms with E-state index in [9.17, 15) is 4.79 Å². The second-order valence-corrected chi connectivity index (χ2v) is 5.14. The number of carbonyl (C=O) groups is 1. The minimum atomic E-state index is -0.555. The molecule has 0 atom stereocenters. The van der Waals surface area contributed by atoms with Crippen molar-refractivity contribution in [2.24, 2.45) is 0 Å². The van der Waals surface area contributed by atoms with Gasteiger partial charge < -0.3 is 9.26 Å². The molecule has 0 aromatic carbocycles. The molecule has 0 fully saturated rings. The number of nitrogens with zero attached hydrogens (tertiary/aromatic N) is 2. The van der Waals surface area contributed by atoms with E-state index in [0.717, 1.165) is 0 Å². The van der Waals surface area contributed by atoms with Crippen LogP contribution in [0.25, 0.3) is 11.3 Å². The van der Waals surface area contributed by atoms with Crippen molar-refractivity contribution in [3.8, 4) is 11.3 Å². The number of pyridine rings is 1. The van der Waals surface area contributed by atoms with E-state index >= 15 is 0 Å². The number of hydrogen-bond donors (Lipinski definition) is 0. The highest BCUT2D eigenvalue weighted by Gasteiger charge is 2.29. The van der Waals surface area contributed by atoms with E-state index < -0.39 is 5.97 Å². The molecule has 2 rings (SSSR count). The normalized spacial score (nSPS) is 10.9. The molecular weight excluding hydrogens is 303 g/mol. The lowest BCUT2D eigenvalue weighted by Gasteiger charge is -2.06. The maximum atomic E-state index is 12.0. The summed E-state index contributed by atoms with van der Waals surface area (Å²) in [6, 6.07) is 1.56. The molecule has 0 amide bonds. The second kappa shape index (κ2) is 5.81. The van der Waals surface area contributed by atoms with Gasteiger partial charge in [0.1, 0.15) is 16.4 Å². The van der Waals surface area contributed by atoms with Gasteiger partial charge in [-0.15, -0.1) is 0 Å².